The van der Waals surface area contributed by atoms with Gasteiger partial charge in [-0.15, -0.1) is 0 Å². The van der Waals surface area contributed by atoms with E-state index in [1.54, 1.807) is 13.8 Å². The molecule has 1 aromatic carbocycles. The van der Waals surface area contributed by atoms with Crippen molar-refractivity contribution >= 4 is 10.0 Å². The van der Waals surface area contributed by atoms with Gasteiger partial charge in [-0.05, 0) is 26.0 Å². The third-order valence-electron chi connectivity index (χ3n) is 3.00. The number of nitrogens with zero attached hydrogens (tertiary/aromatic N) is 2. The van der Waals surface area contributed by atoms with Gasteiger partial charge in [0, 0.05) is 6.07 Å². The van der Waals surface area contributed by atoms with Crippen LogP contribution in [0.15, 0.2) is 23.1 Å². The summed E-state index contributed by atoms with van der Waals surface area (Å²) in [6.07, 6.45) is 0. The van der Waals surface area contributed by atoms with Gasteiger partial charge in [0.05, 0.1) is 25.2 Å². The van der Waals surface area contributed by atoms with Crippen molar-refractivity contribution in [2.45, 2.75) is 24.8 Å². The van der Waals surface area contributed by atoms with Gasteiger partial charge in [-0.3, -0.25) is 5.10 Å². The lowest BCUT2D eigenvalue weighted by Gasteiger charge is -2.13. The van der Waals surface area contributed by atoms with Crippen molar-refractivity contribution in [1.29, 1.82) is 0 Å². The molecule has 0 saturated carbocycles. The van der Waals surface area contributed by atoms with E-state index in [0.717, 1.165) is 0 Å². The van der Waals surface area contributed by atoms with Crippen LogP contribution < -0.4 is 14.2 Å². The summed E-state index contributed by atoms with van der Waals surface area (Å²) in [5.74, 6) is 1.79. The van der Waals surface area contributed by atoms with Crippen molar-refractivity contribution in [1.82, 2.24) is 19.9 Å². The average molecular weight is 326 g/mol. The van der Waals surface area contributed by atoms with Crippen LogP contribution in [0.2, 0.25) is 0 Å². The van der Waals surface area contributed by atoms with E-state index < -0.39 is 16.1 Å². The van der Waals surface area contributed by atoms with Crippen LogP contribution in [0.4, 0.5) is 0 Å². The molecule has 2 rings (SSSR count). The SMILES string of the molecule is COc1ccc(S(=O)(=O)N[C@@H](C)c2n[nH]c(C)n2)cc1OC. The number of hydrogen-bond donors (Lipinski definition) is 2. The molecule has 0 amide bonds. The Kier molecular flexibility index (Phi) is 4.67. The first-order chi connectivity index (χ1) is 10.4. The predicted molar refractivity (Wildman–Crippen MR) is 79.4 cm³/mol. The number of nitrogens with one attached hydrogen (secondary N) is 2. The topological polar surface area (TPSA) is 106 Å². The van der Waals surface area contributed by atoms with Gasteiger partial charge >= 0.3 is 0 Å². The largest absolute Gasteiger partial charge is 0.493 e. The Morgan fingerprint density at radius 3 is 2.45 bits per heavy atom. The molecule has 1 atom stereocenters. The number of sulfonamides is 1. The number of H-pyrrole nitrogens is 1. The van der Waals surface area contributed by atoms with Crippen LogP contribution in [-0.2, 0) is 10.0 Å². The fraction of sp³-hybridized carbons (Fsp3) is 0.385. The van der Waals surface area contributed by atoms with E-state index in [-0.39, 0.29) is 4.90 Å². The van der Waals surface area contributed by atoms with E-state index in [0.29, 0.717) is 23.1 Å². The van der Waals surface area contributed by atoms with Gasteiger partial charge in [0.25, 0.3) is 0 Å². The molecular weight excluding hydrogens is 308 g/mol. The lowest BCUT2D eigenvalue weighted by atomic mass is 10.3. The number of aromatic nitrogens is 3. The normalized spacial score (nSPS) is 12.9. The number of rotatable bonds is 6. The molecule has 0 saturated heterocycles. The van der Waals surface area contributed by atoms with Crippen molar-refractivity contribution in [2.75, 3.05) is 14.2 Å². The molecule has 0 aliphatic carbocycles. The zero-order valence-electron chi connectivity index (χ0n) is 12.7. The Morgan fingerprint density at radius 1 is 1.23 bits per heavy atom. The molecule has 0 unspecified atom stereocenters. The fourth-order valence-corrected chi connectivity index (χ4v) is 3.11. The van der Waals surface area contributed by atoms with E-state index in [9.17, 15) is 8.42 Å². The first-order valence-corrected chi connectivity index (χ1v) is 7.99. The van der Waals surface area contributed by atoms with E-state index >= 15 is 0 Å². The molecule has 22 heavy (non-hydrogen) atoms. The fourth-order valence-electron chi connectivity index (χ4n) is 1.89. The quantitative estimate of drug-likeness (QED) is 0.825. The molecule has 1 aromatic heterocycles. The van der Waals surface area contributed by atoms with Gasteiger partial charge in [-0.1, -0.05) is 0 Å². The molecular formula is C13H18N4O4S. The number of aromatic amines is 1. The second kappa shape index (κ2) is 6.32. The van der Waals surface area contributed by atoms with Crippen LogP contribution in [-0.4, -0.2) is 37.8 Å². The Hall–Kier alpha value is -2.13. The molecule has 0 spiro atoms. The molecule has 0 aliphatic rings. The van der Waals surface area contributed by atoms with Crippen molar-refractivity contribution in [3.8, 4) is 11.5 Å². The highest BCUT2D eigenvalue weighted by Crippen LogP contribution is 2.29. The highest BCUT2D eigenvalue weighted by Gasteiger charge is 2.22. The van der Waals surface area contributed by atoms with E-state index in [4.69, 9.17) is 9.47 Å². The summed E-state index contributed by atoms with van der Waals surface area (Å²) in [4.78, 5) is 4.18. The Morgan fingerprint density at radius 2 is 1.91 bits per heavy atom. The Bertz CT molecular complexity index is 757. The zero-order chi connectivity index (χ0) is 16.3. The third-order valence-corrected chi connectivity index (χ3v) is 4.54. The maximum atomic E-state index is 12.4. The summed E-state index contributed by atoms with van der Waals surface area (Å²) in [6, 6.07) is 3.81. The highest BCUT2D eigenvalue weighted by molar-refractivity contribution is 7.89. The van der Waals surface area contributed by atoms with Gasteiger partial charge < -0.3 is 9.47 Å². The highest BCUT2D eigenvalue weighted by atomic mass is 32.2. The minimum Gasteiger partial charge on any atom is -0.493 e. The molecule has 1 heterocycles. The van der Waals surface area contributed by atoms with Crippen molar-refractivity contribution < 1.29 is 17.9 Å². The zero-order valence-corrected chi connectivity index (χ0v) is 13.6. The third kappa shape index (κ3) is 3.37. The maximum Gasteiger partial charge on any atom is 0.241 e. The smallest absolute Gasteiger partial charge is 0.241 e. The molecule has 8 nitrogen and oxygen atoms in total. The second-order valence-corrected chi connectivity index (χ2v) is 6.35. The van der Waals surface area contributed by atoms with E-state index in [2.05, 4.69) is 19.9 Å². The molecule has 120 valence electrons. The predicted octanol–water partition coefficient (Wildman–Crippen LogP) is 1.17. The molecule has 0 aliphatic heterocycles. The van der Waals surface area contributed by atoms with Crippen LogP contribution in [0.25, 0.3) is 0 Å². The van der Waals surface area contributed by atoms with Gasteiger partial charge in [-0.25, -0.2) is 18.1 Å². The lowest BCUT2D eigenvalue weighted by molar-refractivity contribution is 0.354. The number of methoxy groups -OCH3 is 2. The van der Waals surface area contributed by atoms with Gasteiger partial charge in [0.1, 0.15) is 5.82 Å². The molecule has 2 N–H and O–H groups in total. The number of hydrogen-bond acceptors (Lipinski definition) is 6. The van der Waals surface area contributed by atoms with E-state index in [1.807, 2.05) is 0 Å². The number of benzene rings is 1. The van der Waals surface area contributed by atoms with Crippen molar-refractivity contribution in [3.05, 3.63) is 29.8 Å². The summed E-state index contributed by atoms with van der Waals surface area (Å²) in [7, 11) is -0.806. The van der Waals surface area contributed by atoms with Gasteiger partial charge in [-0.2, -0.15) is 5.10 Å². The minimum absolute atomic E-state index is 0.0734. The summed E-state index contributed by atoms with van der Waals surface area (Å²) < 4.78 is 37.6. The van der Waals surface area contributed by atoms with Crippen LogP contribution in [0.5, 0.6) is 11.5 Å². The monoisotopic (exact) mass is 326 g/mol. The summed E-state index contributed by atoms with van der Waals surface area (Å²) in [6.45, 7) is 3.41. The summed E-state index contributed by atoms with van der Waals surface area (Å²) in [5, 5.41) is 6.62. The van der Waals surface area contributed by atoms with Gasteiger partial charge in [0.15, 0.2) is 17.3 Å². The summed E-state index contributed by atoms with van der Waals surface area (Å²) >= 11 is 0. The molecule has 0 fully saturated rings. The van der Waals surface area contributed by atoms with Crippen LogP contribution in [0, 0.1) is 6.92 Å². The number of aryl methyl sites for hydroxylation is 1. The minimum atomic E-state index is -3.74. The van der Waals surface area contributed by atoms with E-state index in [1.165, 1.54) is 32.4 Å². The Labute approximate surface area is 128 Å². The molecule has 0 radical (unpaired) electrons. The van der Waals surface area contributed by atoms with Crippen LogP contribution >= 0.6 is 0 Å². The average Bonchev–Trinajstić information content (AvgIpc) is 2.92. The molecule has 9 heteroatoms. The van der Waals surface area contributed by atoms with Crippen LogP contribution in [0.3, 0.4) is 0 Å². The first-order valence-electron chi connectivity index (χ1n) is 6.50. The first kappa shape index (κ1) is 16.2. The maximum absolute atomic E-state index is 12.4. The standard InChI is InChI=1S/C13H18N4O4S/c1-8(13-14-9(2)15-16-13)17-22(18,19)10-5-6-11(20-3)12(7-10)21-4/h5-8,17H,1-4H3,(H,14,15,16)/t8-/m0/s1. The van der Waals surface area contributed by atoms with Crippen molar-refractivity contribution in [2.24, 2.45) is 0 Å². The number of ether oxygens (including phenoxy) is 2. The lowest BCUT2D eigenvalue weighted by Crippen LogP contribution is -2.27. The van der Waals surface area contributed by atoms with Crippen LogP contribution in [0.1, 0.15) is 24.6 Å². The summed E-state index contributed by atoms with van der Waals surface area (Å²) in [5.41, 5.74) is 0. The molecule has 2 aromatic rings. The van der Waals surface area contributed by atoms with Gasteiger partial charge in [0.2, 0.25) is 10.0 Å². The Balaban J connectivity index is 2.26. The second-order valence-electron chi connectivity index (χ2n) is 4.64. The molecule has 0 bridgehead atoms. The van der Waals surface area contributed by atoms with Crippen molar-refractivity contribution in [3.63, 3.8) is 0 Å².